The van der Waals surface area contributed by atoms with Gasteiger partial charge >= 0.3 is 0 Å². The Hall–Kier alpha value is -4.39. The Bertz CT molecular complexity index is 1570. The zero-order valence-electron chi connectivity index (χ0n) is 19.0. The van der Waals surface area contributed by atoms with Crippen LogP contribution in [0.25, 0.3) is 27.5 Å². The molecule has 0 aliphatic carbocycles. The van der Waals surface area contributed by atoms with Crippen LogP contribution in [0.15, 0.2) is 77.7 Å². The molecule has 0 aliphatic rings. The first kappa shape index (κ1) is 21.5. The number of hydrogen-bond donors (Lipinski definition) is 2. The number of rotatable bonds is 6. The van der Waals surface area contributed by atoms with Gasteiger partial charge in [-0.3, -0.25) is 19.7 Å². The standard InChI is InChI=1S/C27H24N4O3/c1-3-17-7-10-20(11-8-17)31-27(33)23-16-28-24-12-9-19(14-22(24)25(23)30-31)26(32)29-15-18-5-4-6-21(13-18)34-2/h4-14,16,30H,3,15H2,1-2H3,(H,29,32). The third-order valence-electron chi connectivity index (χ3n) is 5.98. The number of carbonyl (C=O) groups excluding carboxylic acids is 1. The van der Waals surface area contributed by atoms with Crippen molar-refractivity contribution in [3.63, 3.8) is 0 Å². The summed E-state index contributed by atoms with van der Waals surface area (Å²) < 4.78 is 6.75. The number of carbonyl (C=O) groups is 1. The van der Waals surface area contributed by atoms with Gasteiger partial charge in [-0.15, -0.1) is 0 Å². The molecule has 2 aromatic heterocycles. The Morgan fingerprint density at radius 2 is 1.85 bits per heavy atom. The van der Waals surface area contributed by atoms with E-state index in [-0.39, 0.29) is 11.5 Å². The number of nitrogens with one attached hydrogen (secondary N) is 2. The molecule has 1 amide bonds. The summed E-state index contributed by atoms with van der Waals surface area (Å²) in [6.07, 6.45) is 2.51. The SMILES string of the molecule is CCc1ccc(-n2[nH]c3c(cnc4ccc(C(=O)NCc5cccc(OC)c5)cc43)c2=O)cc1. The number of fused-ring (bicyclic) bond motifs is 3. The van der Waals surface area contributed by atoms with Crippen LogP contribution in [0.5, 0.6) is 5.75 Å². The van der Waals surface area contributed by atoms with Crippen LogP contribution in [-0.4, -0.2) is 27.8 Å². The molecule has 0 unspecified atom stereocenters. The Morgan fingerprint density at radius 1 is 1.03 bits per heavy atom. The highest BCUT2D eigenvalue weighted by Gasteiger charge is 2.14. The van der Waals surface area contributed by atoms with Gasteiger partial charge in [0.25, 0.3) is 11.5 Å². The minimum Gasteiger partial charge on any atom is -0.497 e. The van der Waals surface area contributed by atoms with E-state index in [0.29, 0.717) is 33.9 Å². The van der Waals surface area contributed by atoms with Crippen LogP contribution in [0.2, 0.25) is 0 Å². The topological polar surface area (TPSA) is 89.0 Å². The van der Waals surface area contributed by atoms with Crippen molar-refractivity contribution in [2.75, 3.05) is 7.11 Å². The van der Waals surface area contributed by atoms with E-state index in [2.05, 4.69) is 22.3 Å². The highest BCUT2D eigenvalue weighted by atomic mass is 16.5. The Balaban J connectivity index is 1.49. The molecule has 7 heteroatoms. The van der Waals surface area contributed by atoms with Gasteiger partial charge in [0.2, 0.25) is 0 Å². The van der Waals surface area contributed by atoms with E-state index in [9.17, 15) is 9.59 Å². The van der Waals surface area contributed by atoms with Crippen LogP contribution in [0.4, 0.5) is 0 Å². The predicted octanol–water partition coefficient (Wildman–Crippen LogP) is 4.37. The lowest BCUT2D eigenvalue weighted by Crippen LogP contribution is -2.22. The van der Waals surface area contributed by atoms with Crippen molar-refractivity contribution in [2.24, 2.45) is 0 Å². The second-order valence-corrected chi connectivity index (χ2v) is 8.09. The molecule has 0 radical (unpaired) electrons. The maximum absolute atomic E-state index is 13.1. The summed E-state index contributed by atoms with van der Waals surface area (Å²) in [6, 6.07) is 20.7. The normalized spacial score (nSPS) is 11.1. The van der Waals surface area contributed by atoms with Crippen molar-refractivity contribution in [3.05, 3.63) is 100.0 Å². The molecule has 2 N–H and O–H groups in total. The first-order valence-corrected chi connectivity index (χ1v) is 11.1. The Kier molecular flexibility index (Phi) is 5.59. The smallest absolute Gasteiger partial charge is 0.280 e. The third-order valence-corrected chi connectivity index (χ3v) is 5.98. The number of benzene rings is 3. The number of amides is 1. The largest absolute Gasteiger partial charge is 0.497 e. The fourth-order valence-electron chi connectivity index (χ4n) is 4.03. The van der Waals surface area contributed by atoms with Gasteiger partial charge in [-0.05, 0) is 60.0 Å². The molecular weight excluding hydrogens is 428 g/mol. The van der Waals surface area contributed by atoms with Crippen LogP contribution in [-0.2, 0) is 13.0 Å². The average molecular weight is 453 g/mol. The quantitative estimate of drug-likeness (QED) is 0.400. The number of hydrogen-bond acceptors (Lipinski definition) is 4. The van der Waals surface area contributed by atoms with E-state index < -0.39 is 0 Å². The van der Waals surface area contributed by atoms with E-state index in [1.807, 2.05) is 48.5 Å². The number of methoxy groups -OCH3 is 1. The first-order valence-electron chi connectivity index (χ1n) is 11.1. The predicted molar refractivity (Wildman–Crippen MR) is 133 cm³/mol. The van der Waals surface area contributed by atoms with Gasteiger partial charge < -0.3 is 10.1 Å². The molecule has 34 heavy (non-hydrogen) atoms. The van der Waals surface area contributed by atoms with Gasteiger partial charge in [-0.1, -0.05) is 31.2 Å². The van der Waals surface area contributed by atoms with Gasteiger partial charge in [0, 0.05) is 23.7 Å². The van der Waals surface area contributed by atoms with Gasteiger partial charge in [0.1, 0.15) is 5.75 Å². The summed E-state index contributed by atoms with van der Waals surface area (Å²) >= 11 is 0. The van der Waals surface area contributed by atoms with Gasteiger partial charge in [0.15, 0.2) is 0 Å². The Morgan fingerprint density at radius 3 is 2.62 bits per heavy atom. The highest BCUT2D eigenvalue weighted by molar-refractivity contribution is 6.06. The summed E-state index contributed by atoms with van der Waals surface area (Å²) in [5.41, 5.74) is 4.55. The van der Waals surface area contributed by atoms with Gasteiger partial charge in [0.05, 0.1) is 29.2 Å². The molecule has 5 aromatic rings. The summed E-state index contributed by atoms with van der Waals surface area (Å²) in [6.45, 7) is 2.46. The number of aromatic nitrogens is 3. The lowest BCUT2D eigenvalue weighted by atomic mass is 10.1. The summed E-state index contributed by atoms with van der Waals surface area (Å²) in [5, 5.41) is 7.34. The van der Waals surface area contributed by atoms with E-state index >= 15 is 0 Å². The van der Waals surface area contributed by atoms with Crippen molar-refractivity contribution in [2.45, 2.75) is 19.9 Å². The summed E-state index contributed by atoms with van der Waals surface area (Å²) in [7, 11) is 1.61. The van der Waals surface area contributed by atoms with Crippen LogP contribution in [0.1, 0.15) is 28.4 Å². The fraction of sp³-hybridized carbons (Fsp3) is 0.148. The maximum atomic E-state index is 13.1. The van der Waals surface area contributed by atoms with E-state index in [1.165, 1.54) is 10.2 Å². The Labute approximate surface area is 196 Å². The molecule has 2 heterocycles. The first-order chi connectivity index (χ1) is 16.6. The van der Waals surface area contributed by atoms with Crippen LogP contribution in [0.3, 0.4) is 0 Å². The lowest BCUT2D eigenvalue weighted by molar-refractivity contribution is 0.0951. The molecule has 170 valence electrons. The monoisotopic (exact) mass is 452 g/mol. The number of nitrogens with zero attached hydrogens (tertiary/aromatic N) is 2. The number of H-pyrrole nitrogens is 1. The molecule has 0 saturated heterocycles. The van der Waals surface area contributed by atoms with Crippen molar-refractivity contribution in [1.29, 1.82) is 0 Å². The maximum Gasteiger partial charge on any atom is 0.280 e. The summed E-state index contributed by atoms with van der Waals surface area (Å²) in [5.74, 6) is 0.530. The van der Waals surface area contributed by atoms with E-state index in [0.717, 1.165) is 23.4 Å². The molecule has 0 atom stereocenters. The molecule has 3 aromatic carbocycles. The lowest BCUT2D eigenvalue weighted by Gasteiger charge is -2.08. The fourth-order valence-corrected chi connectivity index (χ4v) is 4.03. The number of pyridine rings is 1. The van der Waals surface area contributed by atoms with Gasteiger partial charge in [-0.25, -0.2) is 4.68 Å². The number of ether oxygens (including phenoxy) is 1. The van der Waals surface area contributed by atoms with Gasteiger partial charge in [-0.2, -0.15) is 0 Å². The zero-order chi connectivity index (χ0) is 23.7. The zero-order valence-corrected chi connectivity index (χ0v) is 19.0. The number of aryl methyl sites for hydroxylation is 1. The molecule has 5 rings (SSSR count). The van der Waals surface area contributed by atoms with Crippen LogP contribution < -0.4 is 15.6 Å². The second-order valence-electron chi connectivity index (χ2n) is 8.09. The average Bonchev–Trinajstić information content (AvgIpc) is 3.23. The van der Waals surface area contributed by atoms with Crippen molar-refractivity contribution in [1.82, 2.24) is 20.1 Å². The molecule has 0 aliphatic heterocycles. The summed E-state index contributed by atoms with van der Waals surface area (Å²) in [4.78, 5) is 30.4. The highest BCUT2D eigenvalue weighted by Crippen LogP contribution is 2.23. The minimum absolute atomic E-state index is 0.179. The van der Waals surface area contributed by atoms with Crippen LogP contribution in [0, 0.1) is 0 Å². The molecule has 7 nitrogen and oxygen atoms in total. The molecule has 0 fully saturated rings. The van der Waals surface area contributed by atoms with Crippen molar-refractivity contribution < 1.29 is 9.53 Å². The molecule has 0 bridgehead atoms. The van der Waals surface area contributed by atoms with Crippen LogP contribution >= 0.6 is 0 Å². The van der Waals surface area contributed by atoms with Crippen molar-refractivity contribution in [3.8, 4) is 11.4 Å². The third kappa shape index (κ3) is 3.92. The minimum atomic E-state index is -0.210. The molecule has 0 spiro atoms. The second kappa shape index (κ2) is 8.86. The molecule has 0 saturated carbocycles. The molecular formula is C27H24N4O3. The van der Waals surface area contributed by atoms with Crippen molar-refractivity contribution >= 4 is 27.7 Å². The van der Waals surface area contributed by atoms with E-state index in [1.54, 1.807) is 31.5 Å². The number of aromatic amines is 1. The van der Waals surface area contributed by atoms with E-state index in [4.69, 9.17) is 4.74 Å².